The quantitative estimate of drug-likeness (QED) is 0.671. The number of carbonyl (C=O) groups is 1. The van der Waals surface area contributed by atoms with Crippen molar-refractivity contribution in [1.82, 2.24) is 9.97 Å². The van der Waals surface area contributed by atoms with Crippen LogP contribution in [0.3, 0.4) is 0 Å². The highest BCUT2D eigenvalue weighted by Crippen LogP contribution is 2.29. The van der Waals surface area contributed by atoms with E-state index < -0.39 is 0 Å². The minimum atomic E-state index is -0.255. The van der Waals surface area contributed by atoms with Gasteiger partial charge in [-0.3, -0.25) is 4.79 Å². The molecule has 0 aliphatic carbocycles. The van der Waals surface area contributed by atoms with Crippen molar-refractivity contribution < 1.29 is 4.79 Å². The fourth-order valence-corrected chi connectivity index (χ4v) is 1.79. The van der Waals surface area contributed by atoms with E-state index in [1.165, 1.54) is 30.9 Å². The number of aromatic nitrogens is 2. The molecule has 17 heavy (non-hydrogen) atoms. The maximum Gasteiger partial charge on any atom is 0.196 e. The lowest BCUT2D eigenvalue weighted by molar-refractivity contribution is 0.103. The number of hydrogen-bond donors (Lipinski definition) is 1. The molecular formula is C11H7Cl2N3O. The Bertz CT molecular complexity index is 549. The summed E-state index contributed by atoms with van der Waals surface area (Å²) in [6.45, 7) is 0. The molecule has 1 heterocycles. The molecule has 0 atom stereocenters. The number of nitrogens with zero attached hydrogens (tertiary/aromatic N) is 2. The number of rotatable bonds is 2. The molecule has 0 bridgehead atoms. The monoisotopic (exact) mass is 267 g/mol. The van der Waals surface area contributed by atoms with E-state index in [4.69, 9.17) is 28.9 Å². The van der Waals surface area contributed by atoms with Gasteiger partial charge in [0.2, 0.25) is 0 Å². The zero-order valence-electron chi connectivity index (χ0n) is 8.52. The predicted octanol–water partition coefficient (Wildman–Crippen LogP) is 2.60. The molecule has 0 aliphatic rings. The molecule has 0 saturated heterocycles. The molecule has 4 nitrogen and oxygen atoms in total. The van der Waals surface area contributed by atoms with Crippen LogP contribution in [0.15, 0.2) is 30.9 Å². The Hall–Kier alpha value is -1.65. The van der Waals surface area contributed by atoms with Crippen molar-refractivity contribution in [2.24, 2.45) is 0 Å². The average molecular weight is 268 g/mol. The predicted molar refractivity (Wildman–Crippen MR) is 66.3 cm³/mol. The number of ketones is 1. The smallest absolute Gasteiger partial charge is 0.196 e. The first kappa shape index (κ1) is 11.8. The first-order chi connectivity index (χ1) is 8.09. The molecule has 0 saturated carbocycles. The summed E-state index contributed by atoms with van der Waals surface area (Å²) in [6.07, 6.45) is 4.20. The Morgan fingerprint density at radius 1 is 1.06 bits per heavy atom. The van der Waals surface area contributed by atoms with Gasteiger partial charge in [-0.1, -0.05) is 23.2 Å². The van der Waals surface area contributed by atoms with Crippen LogP contribution in [-0.2, 0) is 0 Å². The number of nitrogens with two attached hydrogens (primary N) is 1. The number of halogens is 2. The zero-order chi connectivity index (χ0) is 12.4. The highest BCUT2D eigenvalue weighted by Gasteiger charge is 2.13. The van der Waals surface area contributed by atoms with Crippen molar-refractivity contribution in [2.75, 3.05) is 5.73 Å². The number of anilines is 1. The minimum absolute atomic E-state index is 0.248. The fraction of sp³-hybridized carbons (Fsp3) is 0. The van der Waals surface area contributed by atoms with Crippen LogP contribution in [0.2, 0.25) is 10.0 Å². The van der Waals surface area contributed by atoms with E-state index in [2.05, 4.69) is 9.97 Å². The second-order valence-electron chi connectivity index (χ2n) is 3.31. The molecule has 86 valence electrons. The van der Waals surface area contributed by atoms with Gasteiger partial charge in [0.15, 0.2) is 5.78 Å². The summed E-state index contributed by atoms with van der Waals surface area (Å²) in [4.78, 5) is 19.6. The third-order valence-electron chi connectivity index (χ3n) is 2.16. The van der Waals surface area contributed by atoms with Crippen molar-refractivity contribution >= 4 is 34.7 Å². The lowest BCUT2D eigenvalue weighted by Crippen LogP contribution is -2.03. The lowest BCUT2D eigenvalue weighted by atomic mass is 10.1. The molecule has 0 radical (unpaired) electrons. The average Bonchev–Trinajstić information content (AvgIpc) is 2.35. The second-order valence-corrected chi connectivity index (χ2v) is 4.12. The van der Waals surface area contributed by atoms with Crippen LogP contribution in [0.4, 0.5) is 5.69 Å². The largest absolute Gasteiger partial charge is 0.396 e. The first-order valence-corrected chi connectivity index (χ1v) is 5.39. The molecular weight excluding hydrogens is 261 g/mol. The van der Waals surface area contributed by atoms with E-state index >= 15 is 0 Å². The SMILES string of the molecule is Nc1c(Cl)cc(C(=O)c2cncnc2)cc1Cl. The molecule has 0 fully saturated rings. The Morgan fingerprint density at radius 2 is 1.59 bits per heavy atom. The topological polar surface area (TPSA) is 68.9 Å². The van der Waals surface area contributed by atoms with E-state index in [9.17, 15) is 4.79 Å². The maximum atomic E-state index is 12.0. The summed E-state index contributed by atoms with van der Waals surface area (Å²) in [5.41, 5.74) is 6.56. The van der Waals surface area contributed by atoms with Crippen molar-refractivity contribution in [1.29, 1.82) is 0 Å². The molecule has 6 heteroatoms. The van der Waals surface area contributed by atoms with Gasteiger partial charge in [0.05, 0.1) is 21.3 Å². The van der Waals surface area contributed by atoms with Gasteiger partial charge in [0.1, 0.15) is 6.33 Å². The standard InChI is InChI=1S/C11H7Cl2N3O/c12-8-1-6(2-9(13)10(8)14)11(17)7-3-15-5-16-4-7/h1-5H,14H2. The van der Waals surface area contributed by atoms with E-state index in [1.54, 1.807) is 0 Å². The van der Waals surface area contributed by atoms with E-state index in [0.29, 0.717) is 11.1 Å². The zero-order valence-corrected chi connectivity index (χ0v) is 10.0. The Labute approximate surface area is 107 Å². The normalized spacial score (nSPS) is 10.2. The minimum Gasteiger partial charge on any atom is -0.396 e. The molecule has 1 aromatic carbocycles. The molecule has 1 aromatic heterocycles. The molecule has 0 spiro atoms. The molecule has 0 aliphatic heterocycles. The van der Waals surface area contributed by atoms with Crippen molar-refractivity contribution in [3.63, 3.8) is 0 Å². The van der Waals surface area contributed by atoms with Crippen molar-refractivity contribution in [2.45, 2.75) is 0 Å². The second kappa shape index (κ2) is 4.69. The Morgan fingerprint density at radius 3 is 2.12 bits per heavy atom. The van der Waals surface area contributed by atoms with Gasteiger partial charge in [0, 0.05) is 18.0 Å². The third-order valence-corrected chi connectivity index (χ3v) is 2.79. The summed E-state index contributed by atoms with van der Waals surface area (Å²) in [6, 6.07) is 2.94. The molecule has 2 aromatic rings. The van der Waals surface area contributed by atoms with Crippen LogP contribution in [0.1, 0.15) is 15.9 Å². The van der Waals surface area contributed by atoms with Gasteiger partial charge < -0.3 is 5.73 Å². The van der Waals surface area contributed by atoms with Crippen molar-refractivity contribution in [3.8, 4) is 0 Å². The van der Waals surface area contributed by atoms with Crippen LogP contribution >= 0.6 is 23.2 Å². The van der Waals surface area contributed by atoms with E-state index in [0.717, 1.165) is 0 Å². The summed E-state index contributed by atoms with van der Waals surface area (Å²) >= 11 is 11.7. The summed E-state index contributed by atoms with van der Waals surface area (Å²) in [7, 11) is 0. The van der Waals surface area contributed by atoms with Gasteiger partial charge in [-0.2, -0.15) is 0 Å². The van der Waals surface area contributed by atoms with Gasteiger partial charge in [-0.25, -0.2) is 9.97 Å². The van der Waals surface area contributed by atoms with Crippen LogP contribution in [0.25, 0.3) is 0 Å². The summed E-state index contributed by atoms with van der Waals surface area (Å²) < 4.78 is 0. The maximum absolute atomic E-state index is 12.0. The number of nitrogen functional groups attached to an aromatic ring is 1. The molecule has 0 amide bonds. The van der Waals surface area contributed by atoms with Gasteiger partial charge in [-0.05, 0) is 12.1 Å². The third kappa shape index (κ3) is 2.38. The fourth-order valence-electron chi connectivity index (χ4n) is 1.30. The van der Waals surface area contributed by atoms with Crippen LogP contribution in [0, 0.1) is 0 Å². The Kier molecular flexibility index (Phi) is 3.26. The van der Waals surface area contributed by atoms with Crippen LogP contribution < -0.4 is 5.73 Å². The van der Waals surface area contributed by atoms with Gasteiger partial charge in [-0.15, -0.1) is 0 Å². The lowest BCUT2D eigenvalue weighted by Gasteiger charge is -2.05. The van der Waals surface area contributed by atoms with Gasteiger partial charge in [0.25, 0.3) is 0 Å². The first-order valence-electron chi connectivity index (χ1n) is 4.64. The summed E-state index contributed by atoms with van der Waals surface area (Å²) in [5.74, 6) is -0.255. The Balaban J connectivity index is 2.45. The van der Waals surface area contributed by atoms with Gasteiger partial charge >= 0.3 is 0 Å². The van der Waals surface area contributed by atoms with Crippen LogP contribution in [-0.4, -0.2) is 15.8 Å². The molecule has 0 unspecified atom stereocenters. The summed E-state index contributed by atoms with van der Waals surface area (Å²) in [5, 5.41) is 0.496. The van der Waals surface area contributed by atoms with E-state index in [-0.39, 0.29) is 21.5 Å². The number of hydrogen-bond acceptors (Lipinski definition) is 4. The highest BCUT2D eigenvalue weighted by atomic mass is 35.5. The number of benzene rings is 1. The van der Waals surface area contributed by atoms with E-state index in [1.807, 2.05) is 0 Å². The number of carbonyl (C=O) groups excluding carboxylic acids is 1. The highest BCUT2D eigenvalue weighted by molar-refractivity contribution is 6.39. The molecule has 2 rings (SSSR count). The van der Waals surface area contributed by atoms with Crippen molar-refractivity contribution in [3.05, 3.63) is 52.0 Å². The molecule has 2 N–H and O–H groups in total. The van der Waals surface area contributed by atoms with Crippen LogP contribution in [0.5, 0.6) is 0 Å².